The largest absolute Gasteiger partial charge is 0.354 e. The number of aryl methyl sites for hydroxylation is 1. The maximum absolute atomic E-state index is 11.9. The minimum Gasteiger partial charge on any atom is -0.354 e. The number of nitrogens with zero attached hydrogens (tertiary/aromatic N) is 2. The molecule has 45 heavy (non-hydrogen) atoms. The molecule has 0 N–H and O–H groups in total. The highest BCUT2D eigenvalue weighted by molar-refractivity contribution is 7.86. The Bertz CT molecular complexity index is 1050. The molecule has 0 aliphatic rings. The van der Waals surface area contributed by atoms with Crippen molar-refractivity contribution in [3.05, 3.63) is 85.5 Å². The number of aromatic nitrogens is 2. The van der Waals surface area contributed by atoms with Crippen molar-refractivity contribution >= 4 is 10.1 Å². The summed E-state index contributed by atoms with van der Waals surface area (Å²) < 4.78 is 31.1. The summed E-state index contributed by atoms with van der Waals surface area (Å²) >= 11 is 0. The smallest absolute Gasteiger partial charge is 0.296 e. The molecule has 0 spiro atoms. The van der Waals surface area contributed by atoms with Crippen LogP contribution in [0.5, 0.6) is 0 Å². The van der Waals surface area contributed by atoms with Crippen molar-refractivity contribution in [3.8, 4) is 0 Å². The molecule has 0 bridgehead atoms. The molecular formula is C39H64N2O3S. The number of pyridine rings is 1. The molecule has 0 saturated carbocycles. The van der Waals surface area contributed by atoms with E-state index < -0.39 is 10.1 Å². The minimum atomic E-state index is -3.57. The van der Waals surface area contributed by atoms with Crippen LogP contribution < -0.4 is 0 Å². The van der Waals surface area contributed by atoms with Gasteiger partial charge in [-0.2, -0.15) is 8.42 Å². The van der Waals surface area contributed by atoms with Crippen LogP contribution in [-0.2, 0) is 20.8 Å². The lowest BCUT2D eigenvalue weighted by atomic mass is 10.1. The van der Waals surface area contributed by atoms with Crippen molar-refractivity contribution in [1.82, 2.24) is 9.55 Å². The number of unbranched alkanes of at least 4 members (excludes halogenated alkanes) is 18. The summed E-state index contributed by atoms with van der Waals surface area (Å²) in [5, 5.41) is 0. The van der Waals surface area contributed by atoms with Crippen LogP contribution >= 0.6 is 0 Å². The Morgan fingerprint density at radius 3 is 1.38 bits per heavy atom. The first-order chi connectivity index (χ1) is 22.1. The molecule has 0 unspecified atom stereocenters. The lowest BCUT2D eigenvalue weighted by molar-refractivity contribution is 0.306. The molecule has 0 fully saturated rings. The topological polar surface area (TPSA) is 61.2 Å². The summed E-state index contributed by atoms with van der Waals surface area (Å²) in [6, 6.07) is 18.3. The molecule has 0 atom stereocenters. The first-order valence-corrected chi connectivity index (χ1v) is 19.4. The van der Waals surface area contributed by atoms with Gasteiger partial charge in [0.05, 0.1) is 11.5 Å². The first kappa shape index (κ1) is 40.6. The third-order valence-electron chi connectivity index (χ3n) is 7.77. The average molecular weight is 641 g/mol. The summed E-state index contributed by atoms with van der Waals surface area (Å²) in [7, 11) is -3.57. The van der Waals surface area contributed by atoms with Gasteiger partial charge in [0, 0.05) is 31.3 Å². The summed E-state index contributed by atoms with van der Waals surface area (Å²) in [4.78, 5) is 4.02. The maximum Gasteiger partial charge on any atom is 0.296 e. The standard InChI is InChI=1S/C18H30O3S.C16H29N.C5H5N/c1-2-3-4-5-6-7-8-9-10-14-17-21-22(19,20)18-15-12-11-13-16-18;1-2-3-4-5-6-7-8-9-10-11-14-17-15-12-13-16-17;1-2-4-6-5-3-1/h11-13,15-16H,2-10,14,17H2,1H3;12-13,15-16H,2-11,14H2,1H3;1-5H. The van der Waals surface area contributed by atoms with E-state index in [9.17, 15) is 8.42 Å². The van der Waals surface area contributed by atoms with Crippen molar-refractivity contribution in [2.45, 2.75) is 154 Å². The quantitative estimate of drug-likeness (QED) is 0.0722. The predicted octanol–water partition coefficient (Wildman–Crippen LogP) is 11.8. The van der Waals surface area contributed by atoms with Crippen LogP contribution in [0.3, 0.4) is 0 Å². The van der Waals surface area contributed by atoms with E-state index >= 15 is 0 Å². The van der Waals surface area contributed by atoms with Crippen molar-refractivity contribution in [2.75, 3.05) is 6.61 Å². The fourth-order valence-corrected chi connectivity index (χ4v) is 5.99. The maximum atomic E-state index is 11.9. The lowest BCUT2D eigenvalue weighted by Crippen LogP contribution is -2.07. The summed E-state index contributed by atoms with van der Waals surface area (Å²) in [5.74, 6) is 0. The second-order valence-corrected chi connectivity index (χ2v) is 13.5. The van der Waals surface area contributed by atoms with E-state index in [4.69, 9.17) is 4.18 Å². The molecule has 0 aliphatic carbocycles. The van der Waals surface area contributed by atoms with Gasteiger partial charge in [-0.25, -0.2) is 0 Å². The van der Waals surface area contributed by atoms with Gasteiger partial charge in [0.15, 0.2) is 0 Å². The fraction of sp³-hybridized carbons (Fsp3) is 0.615. The van der Waals surface area contributed by atoms with Gasteiger partial charge < -0.3 is 4.57 Å². The summed E-state index contributed by atoms with van der Waals surface area (Å²) in [5.41, 5.74) is 0. The van der Waals surface area contributed by atoms with E-state index in [-0.39, 0.29) is 11.5 Å². The van der Waals surface area contributed by atoms with Gasteiger partial charge in [0.1, 0.15) is 0 Å². The van der Waals surface area contributed by atoms with Gasteiger partial charge in [-0.1, -0.05) is 154 Å². The van der Waals surface area contributed by atoms with Gasteiger partial charge in [-0.15, -0.1) is 0 Å². The second kappa shape index (κ2) is 30.2. The minimum absolute atomic E-state index is 0.238. The zero-order valence-electron chi connectivity index (χ0n) is 28.7. The molecular weight excluding hydrogens is 577 g/mol. The number of rotatable bonds is 24. The molecule has 3 aromatic rings. The third kappa shape index (κ3) is 25.4. The van der Waals surface area contributed by atoms with E-state index in [0.717, 1.165) is 12.8 Å². The molecule has 6 heteroatoms. The Morgan fingerprint density at radius 1 is 0.533 bits per heavy atom. The molecule has 0 aliphatic heterocycles. The van der Waals surface area contributed by atoms with E-state index in [2.05, 4.69) is 47.9 Å². The molecule has 2 heterocycles. The highest BCUT2D eigenvalue weighted by atomic mass is 32.2. The Hall–Kier alpha value is -2.44. The first-order valence-electron chi connectivity index (χ1n) is 18.0. The molecule has 5 nitrogen and oxygen atoms in total. The number of hydrogen-bond acceptors (Lipinski definition) is 4. The van der Waals surface area contributed by atoms with Gasteiger partial charge in [-0.3, -0.25) is 9.17 Å². The number of benzene rings is 1. The molecule has 0 amide bonds. The van der Waals surface area contributed by atoms with E-state index in [1.807, 2.05) is 18.2 Å². The van der Waals surface area contributed by atoms with Gasteiger partial charge in [0.2, 0.25) is 0 Å². The van der Waals surface area contributed by atoms with Gasteiger partial charge >= 0.3 is 0 Å². The monoisotopic (exact) mass is 640 g/mol. The van der Waals surface area contributed by atoms with Crippen LogP contribution in [-0.4, -0.2) is 24.6 Å². The zero-order valence-corrected chi connectivity index (χ0v) is 29.5. The van der Waals surface area contributed by atoms with Crippen molar-refractivity contribution in [3.63, 3.8) is 0 Å². The van der Waals surface area contributed by atoms with Crippen molar-refractivity contribution < 1.29 is 12.6 Å². The Kier molecular flexibility index (Phi) is 27.3. The molecule has 2 aromatic heterocycles. The second-order valence-electron chi connectivity index (χ2n) is 11.9. The molecule has 1 aromatic carbocycles. The lowest BCUT2D eigenvalue weighted by Gasteiger charge is -2.05. The van der Waals surface area contributed by atoms with Crippen LogP contribution in [0.4, 0.5) is 0 Å². The van der Waals surface area contributed by atoms with E-state index in [1.165, 1.54) is 122 Å². The number of hydrogen-bond donors (Lipinski definition) is 0. The predicted molar refractivity (Wildman–Crippen MR) is 192 cm³/mol. The van der Waals surface area contributed by atoms with Gasteiger partial charge in [-0.05, 0) is 49.2 Å². The summed E-state index contributed by atoms with van der Waals surface area (Å²) in [6.45, 7) is 6.00. The SMILES string of the molecule is CCCCCCCCCCCCOS(=O)(=O)c1ccccc1.CCCCCCCCCCCCn1cccc1.c1ccncc1. The van der Waals surface area contributed by atoms with Crippen LogP contribution in [0.15, 0.2) is 90.3 Å². The Labute approximate surface area is 277 Å². The van der Waals surface area contributed by atoms with Crippen molar-refractivity contribution in [1.29, 1.82) is 0 Å². The van der Waals surface area contributed by atoms with Crippen LogP contribution in [0.1, 0.15) is 142 Å². The highest BCUT2D eigenvalue weighted by Crippen LogP contribution is 2.14. The van der Waals surface area contributed by atoms with Crippen LogP contribution in [0.2, 0.25) is 0 Å². The normalized spacial score (nSPS) is 10.9. The van der Waals surface area contributed by atoms with E-state index in [1.54, 1.807) is 42.7 Å². The zero-order chi connectivity index (χ0) is 32.5. The molecule has 0 saturated heterocycles. The van der Waals surface area contributed by atoms with Crippen molar-refractivity contribution in [2.24, 2.45) is 0 Å². The van der Waals surface area contributed by atoms with Gasteiger partial charge in [0.25, 0.3) is 10.1 Å². The molecule has 0 radical (unpaired) electrons. The van der Waals surface area contributed by atoms with Crippen LogP contribution in [0, 0.1) is 0 Å². The Balaban J connectivity index is 0.000000386. The summed E-state index contributed by atoms with van der Waals surface area (Å²) in [6.07, 6.45) is 34.3. The average Bonchev–Trinajstić information content (AvgIpc) is 3.60. The van der Waals surface area contributed by atoms with Crippen LogP contribution in [0.25, 0.3) is 0 Å². The van der Waals surface area contributed by atoms with E-state index in [0.29, 0.717) is 0 Å². The molecule has 254 valence electrons. The highest BCUT2D eigenvalue weighted by Gasteiger charge is 2.13. The molecule has 3 rings (SSSR count). The third-order valence-corrected chi connectivity index (χ3v) is 9.10. The fourth-order valence-electron chi connectivity index (χ4n) is 5.03. The Morgan fingerprint density at radius 2 is 0.956 bits per heavy atom.